The number of benzene rings is 1. The lowest BCUT2D eigenvalue weighted by Gasteiger charge is -2.14. The SMILES string of the molecule is CCC(CC)NC(=O)COC(=O)CNS(=O)(=O)c1ccc(C)cc1. The quantitative estimate of drug-likeness (QED) is 0.646. The zero-order chi connectivity index (χ0) is 18.2. The third-order valence-corrected chi connectivity index (χ3v) is 4.87. The van der Waals surface area contributed by atoms with Gasteiger partial charge in [0.25, 0.3) is 5.91 Å². The van der Waals surface area contributed by atoms with E-state index in [4.69, 9.17) is 4.74 Å². The van der Waals surface area contributed by atoms with E-state index < -0.39 is 35.1 Å². The van der Waals surface area contributed by atoms with Crippen molar-refractivity contribution in [1.29, 1.82) is 0 Å². The van der Waals surface area contributed by atoms with Gasteiger partial charge >= 0.3 is 5.97 Å². The number of sulfonamides is 1. The topological polar surface area (TPSA) is 102 Å². The Bertz CT molecular complexity index is 652. The lowest BCUT2D eigenvalue weighted by Crippen LogP contribution is -2.38. The van der Waals surface area contributed by atoms with E-state index >= 15 is 0 Å². The van der Waals surface area contributed by atoms with Crippen molar-refractivity contribution in [3.63, 3.8) is 0 Å². The highest BCUT2D eigenvalue weighted by molar-refractivity contribution is 7.89. The standard InChI is InChI=1S/C16H24N2O5S/c1-4-13(5-2)18-15(19)11-23-16(20)10-17-24(21,22)14-8-6-12(3)7-9-14/h6-9,13,17H,4-5,10-11H2,1-3H3,(H,18,19). The van der Waals surface area contributed by atoms with E-state index in [0.29, 0.717) is 0 Å². The van der Waals surface area contributed by atoms with Gasteiger partial charge in [0.2, 0.25) is 10.0 Å². The summed E-state index contributed by atoms with van der Waals surface area (Å²) in [5, 5.41) is 2.72. The van der Waals surface area contributed by atoms with Gasteiger partial charge in [-0.25, -0.2) is 8.42 Å². The Kier molecular flexibility index (Phi) is 7.87. The summed E-state index contributed by atoms with van der Waals surface area (Å²) in [4.78, 5) is 23.2. The molecule has 0 aliphatic rings. The van der Waals surface area contributed by atoms with Crippen LogP contribution in [0.2, 0.25) is 0 Å². The maximum atomic E-state index is 12.0. The molecule has 0 bridgehead atoms. The van der Waals surface area contributed by atoms with Crippen molar-refractivity contribution in [1.82, 2.24) is 10.0 Å². The molecule has 0 radical (unpaired) electrons. The van der Waals surface area contributed by atoms with Crippen molar-refractivity contribution in [2.75, 3.05) is 13.2 Å². The third kappa shape index (κ3) is 6.67. The number of aryl methyl sites for hydroxylation is 1. The van der Waals surface area contributed by atoms with Crippen LogP contribution in [0, 0.1) is 6.92 Å². The van der Waals surface area contributed by atoms with Crippen molar-refractivity contribution in [2.45, 2.75) is 44.6 Å². The van der Waals surface area contributed by atoms with Gasteiger partial charge in [-0.2, -0.15) is 4.72 Å². The van der Waals surface area contributed by atoms with Crippen molar-refractivity contribution in [3.8, 4) is 0 Å². The smallest absolute Gasteiger partial charge is 0.321 e. The molecular weight excluding hydrogens is 332 g/mol. The van der Waals surface area contributed by atoms with Crippen molar-refractivity contribution >= 4 is 21.9 Å². The number of carbonyl (C=O) groups is 2. The molecule has 1 aromatic rings. The van der Waals surface area contributed by atoms with Crippen LogP contribution >= 0.6 is 0 Å². The molecule has 0 aromatic heterocycles. The van der Waals surface area contributed by atoms with Crippen LogP contribution in [0.25, 0.3) is 0 Å². The van der Waals surface area contributed by atoms with E-state index in [9.17, 15) is 18.0 Å². The summed E-state index contributed by atoms with van der Waals surface area (Å²) in [6.45, 7) is 4.77. The average molecular weight is 356 g/mol. The van der Waals surface area contributed by atoms with Gasteiger partial charge in [0.05, 0.1) is 4.90 Å². The fourth-order valence-corrected chi connectivity index (χ4v) is 2.88. The number of hydrogen-bond donors (Lipinski definition) is 2. The Morgan fingerprint density at radius 2 is 1.71 bits per heavy atom. The van der Waals surface area contributed by atoms with Crippen LogP contribution in [-0.2, 0) is 24.3 Å². The molecule has 2 N–H and O–H groups in total. The highest BCUT2D eigenvalue weighted by atomic mass is 32.2. The summed E-state index contributed by atoms with van der Waals surface area (Å²) >= 11 is 0. The Morgan fingerprint density at radius 3 is 2.25 bits per heavy atom. The van der Waals surface area contributed by atoms with E-state index in [1.54, 1.807) is 12.1 Å². The second-order valence-corrected chi connectivity index (χ2v) is 7.15. The Balaban J connectivity index is 2.43. The van der Waals surface area contributed by atoms with Gasteiger partial charge in [0.1, 0.15) is 6.54 Å². The fraction of sp³-hybridized carbons (Fsp3) is 0.500. The summed E-state index contributed by atoms with van der Waals surface area (Å²) in [6.07, 6.45) is 1.57. The number of esters is 1. The maximum Gasteiger partial charge on any atom is 0.321 e. The number of rotatable bonds is 9. The maximum absolute atomic E-state index is 12.0. The summed E-state index contributed by atoms with van der Waals surface area (Å²) < 4.78 is 30.9. The molecule has 0 saturated heterocycles. The van der Waals surface area contributed by atoms with E-state index in [-0.39, 0.29) is 10.9 Å². The Hall–Kier alpha value is -1.93. The van der Waals surface area contributed by atoms with Gasteiger partial charge in [0, 0.05) is 6.04 Å². The molecule has 1 rings (SSSR count). The summed E-state index contributed by atoms with van der Waals surface area (Å²) in [5.41, 5.74) is 0.928. The molecular formula is C16H24N2O5S. The first kappa shape index (κ1) is 20.1. The molecule has 134 valence electrons. The van der Waals surface area contributed by atoms with Crippen LogP contribution in [0.15, 0.2) is 29.2 Å². The van der Waals surface area contributed by atoms with Crippen LogP contribution in [-0.4, -0.2) is 39.5 Å². The summed E-state index contributed by atoms with van der Waals surface area (Å²) in [6, 6.07) is 6.26. The molecule has 0 fully saturated rings. The number of hydrogen-bond acceptors (Lipinski definition) is 5. The predicted octanol–water partition coefficient (Wildman–Crippen LogP) is 1.12. The monoisotopic (exact) mass is 356 g/mol. The third-order valence-electron chi connectivity index (χ3n) is 3.45. The molecule has 1 aromatic carbocycles. The second-order valence-electron chi connectivity index (χ2n) is 5.38. The lowest BCUT2D eigenvalue weighted by molar-refractivity contribution is -0.147. The first-order valence-electron chi connectivity index (χ1n) is 7.79. The predicted molar refractivity (Wildman–Crippen MR) is 89.8 cm³/mol. The highest BCUT2D eigenvalue weighted by Gasteiger charge is 2.17. The van der Waals surface area contributed by atoms with Crippen molar-refractivity contribution < 1.29 is 22.7 Å². The molecule has 0 unspecified atom stereocenters. The first-order valence-corrected chi connectivity index (χ1v) is 9.28. The number of carbonyl (C=O) groups excluding carboxylic acids is 2. The lowest BCUT2D eigenvalue weighted by atomic mass is 10.2. The number of ether oxygens (including phenoxy) is 1. The normalized spacial score (nSPS) is 11.3. The molecule has 0 saturated carbocycles. The zero-order valence-corrected chi connectivity index (χ0v) is 15.0. The molecule has 0 aliphatic carbocycles. The molecule has 0 aliphatic heterocycles. The van der Waals surface area contributed by atoms with Gasteiger partial charge < -0.3 is 10.1 Å². The average Bonchev–Trinajstić information content (AvgIpc) is 2.56. The largest absolute Gasteiger partial charge is 0.455 e. The van der Waals surface area contributed by atoms with Crippen LogP contribution < -0.4 is 10.0 Å². The fourth-order valence-electron chi connectivity index (χ4n) is 1.91. The van der Waals surface area contributed by atoms with Crippen molar-refractivity contribution in [3.05, 3.63) is 29.8 Å². The van der Waals surface area contributed by atoms with Crippen LogP contribution in [0.3, 0.4) is 0 Å². The minimum Gasteiger partial charge on any atom is -0.455 e. The minimum atomic E-state index is -3.79. The number of nitrogens with one attached hydrogen (secondary N) is 2. The van der Waals surface area contributed by atoms with Crippen LogP contribution in [0.1, 0.15) is 32.3 Å². The van der Waals surface area contributed by atoms with E-state index in [2.05, 4.69) is 10.0 Å². The van der Waals surface area contributed by atoms with E-state index in [1.807, 2.05) is 20.8 Å². The molecule has 0 atom stereocenters. The summed E-state index contributed by atoms with van der Waals surface area (Å²) in [7, 11) is -3.79. The molecule has 7 nitrogen and oxygen atoms in total. The van der Waals surface area contributed by atoms with Gasteiger partial charge in [-0.3, -0.25) is 9.59 Å². The first-order chi connectivity index (χ1) is 11.3. The Labute approximate surface area is 142 Å². The molecule has 1 amide bonds. The van der Waals surface area contributed by atoms with Crippen LogP contribution in [0.4, 0.5) is 0 Å². The van der Waals surface area contributed by atoms with E-state index in [0.717, 1.165) is 18.4 Å². The van der Waals surface area contributed by atoms with Gasteiger partial charge in [-0.05, 0) is 31.9 Å². The van der Waals surface area contributed by atoms with Crippen LogP contribution in [0.5, 0.6) is 0 Å². The zero-order valence-electron chi connectivity index (χ0n) is 14.2. The number of amides is 1. The highest BCUT2D eigenvalue weighted by Crippen LogP contribution is 2.09. The summed E-state index contributed by atoms with van der Waals surface area (Å²) in [5.74, 6) is -1.22. The van der Waals surface area contributed by atoms with Crippen molar-refractivity contribution in [2.24, 2.45) is 0 Å². The molecule has 24 heavy (non-hydrogen) atoms. The Morgan fingerprint density at radius 1 is 1.12 bits per heavy atom. The minimum absolute atomic E-state index is 0.0382. The van der Waals surface area contributed by atoms with Gasteiger partial charge in [-0.1, -0.05) is 31.5 Å². The van der Waals surface area contributed by atoms with Gasteiger partial charge in [0.15, 0.2) is 6.61 Å². The molecule has 0 heterocycles. The molecule has 8 heteroatoms. The molecule has 0 spiro atoms. The van der Waals surface area contributed by atoms with E-state index in [1.165, 1.54) is 12.1 Å². The second kappa shape index (κ2) is 9.39. The van der Waals surface area contributed by atoms with Gasteiger partial charge in [-0.15, -0.1) is 0 Å².